The second-order valence-electron chi connectivity index (χ2n) is 6.41. The van der Waals surface area contributed by atoms with Gasteiger partial charge in [0.1, 0.15) is 5.78 Å². The first-order chi connectivity index (χ1) is 9.31. The minimum atomic E-state index is 0.253. The molecule has 0 aromatic rings. The molecule has 3 atom stereocenters. The van der Waals surface area contributed by atoms with Crippen molar-refractivity contribution < 1.29 is 9.53 Å². The molecule has 2 aliphatic heterocycles. The molecule has 0 spiro atoms. The zero-order valence-corrected chi connectivity index (χ0v) is 12.5. The first-order valence-corrected chi connectivity index (χ1v) is 8.49. The second kappa shape index (κ2) is 8.04. The molecule has 2 saturated heterocycles. The highest BCUT2D eigenvalue weighted by Crippen LogP contribution is 2.39. The van der Waals surface area contributed by atoms with Crippen LogP contribution in [0.3, 0.4) is 0 Å². The van der Waals surface area contributed by atoms with Crippen LogP contribution >= 0.6 is 0 Å². The highest BCUT2D eigenvalue weighted by molar-refractivity contribution is 5.82. The predicted molar refractivity (Wildman–Crippen MR) is 78.2 cm³/mol. The normalized spacial score (nSPS) is 29.0. The average molecular weight is 266 g/mol. The molecule has 2 heterocycles. The van der Waals surface area contributed by atoms with Gasteiger partial charge in [0.25, 0.3) is 0 Å². The van der Waals surface area contributed by atoms with Gasteiger partial charge in [0.15, 0.2) is 0 Å². The zero-order chi connectivity index (χ0) is 13.5. The Morgan fingerprint density at radius 2 is 1.68 bits per heavy atom. The number of carbonyl (C=O) groups is 1. The molecular formula is C17H30O2. The minimum Gasteiger partial charge on any atom is -0.374 e. The molecule has 2 nitrogen and oxygen atoms in total. The van der Waals surface area contributed by atoms with E-state index in [4.69, 9.17) is 4.74 Å². The third kappa shape index (κ3) is 4.59. The Bertz CT molecular complexity index is 274. The van der Waals surface area contributed by atoms with E-state index in [0.717, 1.165) is 25.7 Å². The lowest BCUT2D eigenvalue weighted by atomic mass is 9.84. The van der Waals surface area contributed by atoms with Crippen LogP contribution in [0.4, 0.5) is 0 Å². The van der Waals surface area contributed by atoms with Gasteiger partial charge in [0, 0.05) is 12.3 Å². The van der Waals surface area contributed by atoms with E-state index < -0.39 is 0 Å². The first kappa shape index (κ1) is 15.0. The molecule has 2 aliphatic rings. The first-order valence-electron chi connectivity index (χ1n) is 8.49. The van der Waals surface area contributed by atoms with E-state index in [1.165, 1.54) is 51.4 Å². The van der Waals surface area contributed by atoms with Crippen molar-refractivity contribution in [2.75, 3.05) is 0 Å². The number of rotatable bonds is 10. The molecule has 3 unspecified atom stereocenters. The van der Waals surface area contributed by atoms with Crippen LogP contribution in [-0.2, 0) is 9.53 Å². The maximum atomic E-state index is 12.1. The van der Waals surface area contributed by atoms with Gasteiger partial charge in [-0.05, 0) is 25.7 Å². The van der Waals surface area contributed by atoms with E-state index in [2.05, 4.69) is 6.92 Å². The number of ketones is 1. The molecule has 0 aromatic heterocycles. The van der Waals surface area contributed by atoms with Gasteiger partial charge in [-0.2, -0.15) is 0 Å². The van der Waals surface area contributed by atoms with Crippen LogP contribution in [0.25, 0.3) is 0 Å². The van der Waals surface area contributed by atoms with Gasteiger partial charge in [0.05, 0.1) is 12.2 Å². The Labute approximate surface area is 118 Å². The lowest BCUT2D eigenvalue weighted by Crippen LogP contribution is -2.25. The summed E-state index contributed by atoms with van der Waals surface area (Å²) in [5, 5.41) is 0. The summed E-state index contributed by atoms with van der Waals surface area (Å²) in [4.78, 5) is 12.1. The van der Waals surface area contributed by atoms with E-state index >= 15 is 0 Å². The Balaban J connectivity index is 1.46. The summed E-state index contributed by atoms with van der Waals surface area (Å²) in [5.74, 6) is 0.737. The summed E-state index contributed by atoms with van der Waals surface area (Å²) >= 11 is 0. The Hall–Kier alpha value is -0.370. The van der Waals surface area contributed by atoms with Crippen LogP contribution in [0, 0.1) is 5.92 Å². The Kier molecular flexibility index (Phi) is 6.36. The minimum absolute atomic E-state index is 0.253. The van der Waals surface area contributed by atoms with Crippen LogP contribution < -0.4 is 0 Å². The molecule has 0 aromatic carbocycles. The molecule has 110 valence electrons. The molecule has 0 aliphatic carbocycles. The molecule has 0 saturated carbocycles. The van der Waals surface area contributed by atoms with Crippen molar-refractivity contribution in [2.45, 2.75) is 96.2 Å². The molecule has 0 amide bonds. The predicted octanol–water partition coefficient (Wildman–Crippen LogP) is 4.65. The van der Waals surface area contributed by atoms with Crippen LogP contribution in [0.5, 0.6) is 0 Å². The summed E-state index contributed by atoms with van der Waals surface area (Å²) in [7, 11) is 0. The van der Waals surface area contributed by atoms with Crippen molar-refractivity contribution in [3.8, 4) is 0 Å². The van der Waals surface area contributed by atoms with Crippen LogP contribution in [0.15, 0.2) is 0 Å². The largest absolute Gasteiger partial charge is 0.374 e. The monoisotopic (exact) mass is 266 g/mol. The molecule has 2 fully saturated rings. The maximum Gasteiger partial charge on any atom is 0.138 e. The molecule has 0 N–H and O–H groups in total. The zero-order valence-electron chi connectivity index (χ0n) is 12.5. The molecule has 19 heavy (non-hydrogen) atoms. The van der Waals surface area contributed by atoms with Crippen LogP contribution in [-0.4, -0.2) is 18.0 Å². The number of hydrogen-bond acceptors (Lipinski definition) is 2. The lowest BCUT2D eigenvalue weighted by Gasteiger charge is -2.16. The fourth-order valence-corrected chi connectivity index (χ4v) is 3.60. The van der Waals surface area contributed by atoms with Gasteiger partial charge in [-0.15, -0.1) is 0 Å². The number of unbranched alkanes of at least 4 members (excludes halogenated alkanes) is 7. The summed E-state index contributed by atoms with van der Waals surface area (Å²) in [6, 6.07) is 0. The number of Topliss-reactive ketones (excluding diaryl/α,β-unsaturated/α-hetero) is 1. The van der Waals surface area contributed by atoms with E-state index in [0.29, 0.717) is 11.9 Å². The molecular weight excluding hydrogens is 236 g/mol. The van der Waals surface area contributed by atoms with Crippen LogP contribution in [0.2, 0.25) is 0 Å². The van der Waals surface area contributed by atoms with Crippen molar-refractivity contribution in [1.82, 2.24) is 0 Å². The van der Waals surface area contributed by atoms with Gasteiger partial charge in [-0.3, -0.25) is 4.79 Å². The van der Waals surface area contributed by atoms with Crippen molar-refractivity contribution in [2.24, 2.45) is 5.92 Å². The molecule has 0 radical (unpaired) electrons. The summed E-state index contributed by atoms with van der Waals surface area (Å²) in [6.07, 6.45) is 15.3. The third-order valence-corrected chi connectivity index (χ3v) is 4.80. The SMILES string of the molecule is CCCCCCCCCCC(=O)C1CC2CCC1O2. The van der Waals surface area contributed by atoms with E-state index in [1.807, 2.05) is 0 Å². The Morgan fingerprint density at radius 1 is 1.00 bits per heavy atom. The van der Waals surface area contributed by atoms with E-state index in [1.54, 1.807) is 0 Å². The van der Waals surface area contributed by atoms with E-state index in [9.17, 15) is 4.79 Å². The fraction of sp³-hybridized carbons (Fsp3) is 0.941. The molecule has 2 rings (SSSR count). The fourth-order valence-electron chi connectivity index (χ4n) is 3.60. The average Bonchev–Trinajstić information content (AvgIpc) is 3.04. The lowest BCUT2D eigenvalue weighted by molar-refractivity contribution is -0.124. The maximum absolute atomic E-state index is 12.1. The molecule has 2 heteroatoms. The summed E-state index contributed by atoms with van der Waals surface area (Å²) in [6.45, 7) is 2.25. The smallest absolute Gasteiger partial charge is 0.138 e. The van der Waals surface area contributed by atoms with Gasteiger partial charge in [0.2, 0.25) is 0 Å². The van der Waals surface area contributed by atoms with Crippen molar-refractivity contribution in [3.63, 3.8) is 0 Å². The summed E-state index contributed by atoms with van der Waals surface area (Å²) < 4.78 is 5.77. The van der Waals surface area contributed by atoms with Crippen molar-refractivity contribution in [1.29, 1.82) is 0 Å². The van der Waals surface area contributed by atoms with Crippen molar-refractivity contribution >= 4 is 5.78 Å². The van der Waals surface area contributed by atoms with Gasteiger partial charge < -0.3 is 4.74 Å². The van der Waals surface area contributed by atoms with Gasteiger partial charge in [-0.25, -0.2) is 0 Å². The highest BCUT2D eigenvalue weighted by Gasteiger charge is 2.43. The molecule has 2 bridgehead atoms. The van der Waals surface area contributed by atoms with Gasteiger partial charge >= 0.3 is 0 Å². The van der Waals surface area contributed by atoms with Crippen LogP contribution in [0.1, 0.15) is 84.0 Å². The number of carbonyl (C=O) groups excluding carboxylic acids is 1. The quantitative estimate of drug-likeness (QED) is 0.538. The third-order valence-electron chi connectivity index (χ3n) is 4.80. The number of hydrogen-bond donors (Lipinski definition) is 0. The number of ether oxygens (including phenoxy) is 1. The number of fused-ring (bicyclic) bond motifs is 2. The topological polar surface area (TPSA) is 26.3 Å². The van der Waals surface area contributed by atoms with E-state index in [-0.39, 0.29) is 12.0 Å². The highest BCUT2D eigenvalue weighted by atomic mass is 16.5. The second-order valence-corrected chi connectivity index (χ2v) is 6.41. The van der Waals surface area contributed by atoms with Gasteiger partial charge in [-0.1, -0.05) is 51.9 Å². The Morgan fingerprint density at radius 3 is 2.26 bits per heavy atom. The van der Waals surface area contributed by atoms with Crippen molar-refractivity contribution in [3.05, 3.63) is 0 Å². The summed E-state index contributed by atoms with van der Waals surface area (Å²) in [5.41, 5.74) is 0. The standard InChI is InChI=1S/C17H30O2/c1-2-3-4-5-6-7-8-9-10-16(18)15-13-14-11-12-17(15)19-14/h14-15,17H,2-13H2,1H3.